The van der Waals surface area contributed by atoms with Crippen LogP contribution in [0, 0.1) is 0 Å². The van der Waals surface area contributed by atoms with Crippen LogP contribution in [0.2, 0.25) is 0 Å². The highest BCUT2D eigenvalue weighted by Crippen LogP contribution is 2.30. The third kappa shape index (κ3) is 4.32. The largest absolute Gasteiger partial charge is 0.315 e. The van der Waals surface area contributed by atoms with Crippen LogP contribution in [0.25, 0.3) is 0 Å². The van der Waals surface area contributed by atoms with Crippen molar-refractivity contribution < 1.29 is 0 Å². The molecular formula is C15H19BrN2S2. The summed E-state index contributed by atoms with van der Waals surface area (Å²) in [6, 6.07) is 8.41. The molecule has 108 valence electrons. The van der Waals surface area contributed by atoms with Crippen LogP contribution in [-0.2, 0) is 12.3 Å². The Balaban J connectivity index is 2.07. The van der Waals surface area contributed by atoms with Gasteiger partial charge in [0.05, 0.1) is 11.4 Å². The Bertz CT molecular complexity index is 567. The molecular weight excluding hydrogens is 352 g/mol. The van der Waals surface area contributed by atoms with Crippen LogP contribution < -0.4 is 5.32 Å². The van der Waals surface area contributed by atoms with Crippen molar-refractivity contribution in [3.63, 3.8) is 0 Å². The van der Waals surface area contributed by atoms with Gasteiger partial charge in [0, 0.05) is 20.8 Å². The first-order valence-electron chi connectivity index (χ1n) is 6.61. The highest BCUT2D eigenvalue weighted by Gasteiger charge is 2.13. The number of halogens is 1. The summed E-state index contributed by atoms with van der Waals surface area (Å²) in [5.41, 5.74) is 1.24. The van der Waals surface area contributed by atoms with Gasteiger partial charge in [0.25, 0.3) is 0 Å². The first kappa shape index (κ1) is 16.0. The summed E-state index contributed by atoms with van der Waals surface area (Å²) in [4.78, 5) is 7.45. The van der Waals surface area contributed by atoms with Crippen LogP contribution >= 0.6 is 39.0 Å². The first-order chi connectivity index (χ1) is 9.60. The van der Waals surface area contributed by atoms with Crippen molar-refractivity contribution in [2.24, 2.45) is 0 Å². The maximum absolute atomic E-state index is 4.81. The zero-order valence-corrected chi connectivity index (χ0v) is 15.2. The van der Waals surface area contributed by atoms with E-state index in [2.05, 4.69) is 59.4 Å². The predicted molar refractivity (Wildman–Crippen MR) is 92.7 cm³/mol. The van der Waals surface area contributed by atoms with Crippen LogP contribution in [0.5, 0.6) is 0 Å². The molecule has 0 saturated heterocycles. The van der Waals surface area contributed by atoms with Gasteiger partial charge in [0.15, 0.2) is 0 Å². The van der Waals surface area contributed by atoms with Crippen molar-refractivity contribution in [1.82, 2.24) is 10.3 Å². The predicted octanol–water partition coefficient (Wildman–Crippen LogP) is 5.04. The van der Waals surface area contributed by atoms with Crippen molar-refractivity contribution in [3.05, 3.63) is 44.3 Å². The van der Waals surface area contributed by atoms with E-state index in [0.29, 0.717) is 5.92 Å². The van der Waals surface area contributed by atoms with Crippen molar-refractivity contribution in [2.45, 2.75) is 37.0 Å². The number of hydrogen-bond acceptors (Lipinski definition) is 4. The lowest BCUT2D eigenvalue weighted by molar-refractivity contribution is 0.769. The van der Waals surface area contributed by atoms with E-state index in [0.717, 1.165) is 16.8 Å². The zero-order valence-electron chi connectivity index (χ0n) is 11.9. The molecule has 0 atom stereocenters. The lowest BCUT2D eigenvalue weighted by Crippen LogP contribution is -2.06. The van der Waals surface area contributed by atoms with Gasteiger partial charge in [0.1, 0.15) is 5.01 Å². The standard InChI is InChI=1S/C15H19BrN2S2/c1-10(2)15-13(8-17-3)20-14(18-15)9-19-12-6-4-5-11(16)7-12/h4-7,10,17H,8-9H2,1-3H3. The van der Waals surface area contributed by atoms with Crippen molar-refractivity contribution in [2.75, 3.05) is 7.05 Å². The molecule has 0 radical (unpaired) electrons. The van der Waals surface area contributed by atoms with Crippen molar-refractivity contribution in [3.8, 4) is 0 Å². The van der Waals surface area contributed by atoms with Crippen molar-refractivity contribution >= 4 is 39.0 Å². The monoisotopic (exact) mass is 370 g/mol. The van der Waals surface area contributed by atoms with Gasteiger partial charge in [-0.05, 0) is 31.2 Å². The summed E-state index contributed by atoms with van der Waals surface area (Å²) in [6.45, 7) is 5.33. The quantitative estimate of drug-likeness (QED) is 0.720. The SMILES string of the molecule is CNCc1sc(CSc2cccc(Br)c2)nc1C(C)C. The summed E-state index contributed by atoms with van der Waals surface area (Å²) in [5, 5.41) is 4.44. The molecule has 1 N–H and O–H groups in total. The molecule has 5 heteroatoms. The van der Waals surface area contributed by atoms with Gasteiger partial charge in [0.2, 0.25) is 0 Å². The van der Waals surface area contributed by atoms with Gasteiger partial charge in [-0.1, -0.05) is 35.8 Å². The fourth-order valence-corrected chi connectivity index (χ4v) is 4.65. The topological polar surface area (TPSA) is 24.9 Å². The van der Waals surface area contributed by atoms with E-state index in [-0.39, 0.29) is 0 Å². The number of thioether (sulfide) groups is 1. The zero-order chi connectivity index (χ0) is 14.5. The second-order valence-corrected chi connectivity index (χ2v) is 7.98. The fourth-order valence-electron chi connectivity index (χ4n) is 1.92. The molecule has 20 heavy (non-hydrogen) atoms. The molecule has 0 aliphatic rings. The molecule has 0 unspecified atom stereocenters. The number of hydrogen-bond donors (Lipinski definition) is 1. The van der Waals surface area contributed by atoms with Gasteiger partial charge in [-0.25, -0.2) is 4.98 Å². The number of nitrogens with one attached hydrogen (secondary N) is 1. The number of nitrogens with zero attached hydrogens (tertiary/aromatic N) is 1. The van der Waals surface area contributed by atoms with E-state index in [1.54, 1.807) is 0 Å². The number of rotatable bonds is 6. The highest BCUT2D eigenvalue weighted by atomic mass is 79.9. The molecule has 0 aliphatic carbocycles. The normalized spacial score (nSPS) is 11.2. The molecule has 1 aromatic heterocycles. The van der Waals surface area contributed by atoms with E-state index in [4.69, 9.17) is 4.98 Å². The van der Waals surface area contributed by atoms with Crippen molar-refractivity contribution in [1.29, 1.82) is 0 Å². The average molecular weight is 371 g/mol. The van der Waals surface area contributed by atoms with Crippen LogP contribution in [-0.4, -0.2) is 12.0 Å². The molecule has 0 amide bonds. The minimum absolute atomic E-state index is 0.485. The summed E-state index contributed by atoms with van der Waals surface area (Å²) < 4.78 is 1.13. The fraction of sp³-hybridized carbons (Fsp3) is 0.400. The minimum Gasteiger partial charge on any atom is -0.315 e. The van der Waals surface area contributed by atoms with Gasteiger partial charge >= 0.3 is 0 Å². The van der Waals surface area contributed by atoms with E-state index < -0.39 is 0 Å². The van der Waals surface area contributed by atoms with Gasteiger partial charge in [-0.2, -0.15) is 0 Å². The van der Waals surface area contributed by atoms with E-state index in [9.17, 15) is 0 Å². The Labute approximate surface area is 137 Å². The summed E-state index contributed by atoms with van der Waals surface area (Å²) in [7, 11) is 1.99. The molecule has 0 fully saturated rings. The molecule has 0 spiro atoms. The summed E-state index contributed by atoms with van der Waals surface area (Å²) in [6.07, 6.45) is 0. The van der Waals surface area contributed by atoms with Crippen LogP contribution in [0.4, 0.5) is 0 Å². The Hall–Kier alpha value is -0.360. The van der Waals surface area contributed by atoms with Crippen LogP contribution in [0.1, 0.15) is 35.3 Å². The van der Waals surface area contributed by atoms with Gasteiger partial charge in [-0.15, -0.1) is 23.1 Å². The Kier molecular flexibility index (Phi) is 6.08. The van der Waals surface area contributed by atoms with Gasteiger partial charge in [-0.3, -0.25) is 0 Å². The number of benzene rings is 1. The van der Waals surface area contributed by atoms with Gasteiger partial charge < -0.3 is 5.32 Å². The molecule has 1 aromatic carbocycles. The Morgan fingerprint density at radius 2 is 2.20 bits per heavy atom. The highest BCUT2D eigenvalue weighted by molar-refractivity contribution is 9.10. The number of thiazole rings is 1. The van der Waals surface area contributed by atoms with E-state index >= 15 is 0 Å². The summed E-state index contributed by atoms with van der Waals surface area (Å²) >= 11 is 7.18. The maximum atomic E-state index is 4.81. The molecule has 2 aromatic rings. The van der Waals surface area contributed by atoms with E-state index in [1.807, 2.05) is 30.1 Å². The lowest BCUT2D eigenvalue weighted by atomic mass is 10.1. The molecule has 0 saturated carbocycles. The molecule has 2 rings (SSSR count). The smallest absolute Gasteiger partial charge is 0.103 e. The first-order valence-corrected chi connectivity index (χ1v) is 9.21. The maximum Gasteiger partial charge on any atom is 0.103 e. The third-order valence-electron chi connectivity index (χ3n) is 2.81. The van der Waals surface area contributed by atoms with Crippen LogP contribution in [0.15, 0.2) is 33.6 Å². The molecule has 0 bridgehead atoms. The molecule has 1 heterocycles. The average Bonchev–Trinajstić information content (AvgIpc) is 2.80. The second kappa shape index (κ2) is 7.59. The third-order valence-corrected chi connectivity index (χ3v) is 5.57. The second-order valence-electron chi connectivity index (χ2n) is 4.85. The minimum atomic E-state index is 0.485. The van der Waals surface area contributed by atoms with E-state index in [1.165, 1.54) is 20.5 Å². The van der Waals surface area contributed by atoms with Crippen LogP contribution in [0.3, 0.4) is 0 Å². The molecule has 0 aliphatic heterocycles. The molecule has 2 nitrogen and oxygen atoms in total. The lowest BCUT2D eigenvalue weighted by Gasteiger charge is -2.03. The Morgan fingerprint density at radius 3 is 2.85 bits per heavy atom. The number of aromatic nitrogens is 1. The Morgan fingerprint density at radius 1 is 1.40 bits per heavy atom. The summed E-state index contributed by atoms with van der Waals surface area (Å²) in [5.74, 6) is 1.42.